The van der Waals surface area contributed by atoms with E-state index in [1.54, 1.807) is 18.2 Å². The molecule has 0 radical (unpaired) electrons. The molecule has 1 N–H and O–H groups in total. The number of carbonyl (C=O) groups is 1. The van der Waals surface area contributed by atoms with E-state index in [0.717, 1.165) is 5.56 Å². The van der Waals surface area contributed by atoms with Crippen LogP contribution in [0.3, 0.4) is 0 Å². The summed E-state index contributed by atoms with van der Waals surface area (Å²) in [7, 11) is 0. The van der Waals surface area contributed by atoms with Crippen LogP contribution in [0.5, 0.6) is 17.2 Å². The highest BCUT2D eigenvalue weighted by Crippen LogP contribution is 2.31. The summed E-state index contributed by atoms with van der Waals surface area (Å²) >= 11 is 11.2. The molecule has 1 fully saturated rings. The summed E-state index contributed by atoms with van der Waals surface area (Å²) in [5, 5.41) is 14.7. The molecule has 1 aromatic heterocycles. The number of ether oxygens (including phenoxy) is 3. The number of hydrogen-bond acceptors (Lipinski definition) is 8. The van der Waals surface area contributed by atoms with Crippen LogP contribution in [0.1, 0.15) is 30.9 Å². The first-order chi connectivity index (χ1) is 18.8. The first kappa shape index (κ1) is 27.9. The van der Waals surface area contributed by atoms with Crippen LogP contribution in [0.2, 0.25) is 5.02 Å². The molecule has 4 rings (SSSR count). The van der Waals surface area contributed by atoms with Gasteiger partial charge in [-0.3, -0.25) is 19.8 Å². The van der Waals surface area contributed by atoms with Gasteiger partial charge in [0.15, 0.2) is 22.4 Å². The third-order valence-corrected chi connectivity index (χ3v) is 6.21. The topological polar surface area (TPSA) is 116 Å². The third kappa shape index (κ3) is 6.87. The van der Waals surface area contributed by atoms with Gasteiger partial charge in [-0.2, -0.15) is 0 Å². The maximum Gasteiger partial charge on any atom is 0.312 e. The Balaban J connectivity index is 1.38. The van der Waals surface area contributed by atoms with Gasteiger partial charge in [0, 0.05) is 23.7 Å². The molecule has 12 heteroatoms. The van der Waals surface area contributed by atoms with E-state index < -0.39 is 4.92 Å². The third-order valence-electron chi connectivity index (χ3n) is 5.65. The Bertz CT molecular complexity index is 1420. The Labute approximate surface area is 235 Å². The highest BCUT2D eigenvalue weighted by Gasteiger charge is 2.30. The molecule has 39 heavy (non-hydrogen) atoms. The molecule has 0 atom stereocenters. The second-order valence-corrected chi connectivity index (χ2v) is 9.13. The highest BCUT2D eigenvalue weighted by molar-refractivity contribution is 7.80. The molecule has 3 aromatic rings. The van der Waals surface area contributed by atoms with Crippen molar-refractivity contribution >= 4 is 46.6 Å². The summed E-state index contributed by atoms with van der Waals surface area (Å²) in [5.41, 5.74) is 1.01. The summed E-state index contributed by atoms with van der Waals surface area (Å²) in [4.78, 5) is 25.2. The second kappa shape index (κ2) is 12.6. The zero-order chi connectivity index (χ0) is 27.9. The summed E-state index contributed by atoms with van der Waals surface area (Å²) in [6.07, 6.45) is 2.11. The van der Waals surface area contributed by atoms with Crippen LogP contribution in [-0.4, -0.2) is 40.6 Å². The van der Waals surface area contributed by atoms with Gasteiger partial charge in [0.25, 0.3) is 5.91 Å². The highest BCUT2D eigenvalue weighted by atomic mass is 35.5. The van der Waals surface area contributed by atoms with Gasteiger partial charge in [0.05, 0.1) is 18.1 Å². The summed E-state index contributed by atoms with van der Waals surface area (Å²) in [6, 6.07) is 13.2. The fourth-order valence-electron chi connectivity index (χ4n) is 3.86. The zero-order valence-electron chi connectivity index (χ0n) is 21.3. The van der Waals surface area contributed by atoms with Crippen molar-refractivity contribution in [1.82, 2.24) is 10.2 Å². The van der Waals surface area contributed by atoms with Crippen molar-refractivity contribution in [2.75, 3.05) is 19.8 Å². The molecule has 0 saturated carbocycles. The lowest BCUT2D eigenvalue weighted by Crippen LogP contribution is -2.32. The minimum Gasteiger partial charge on any atom is -0.490 e. The molecule has 1 saturated heterocycles. The summed E-state index contributed by atoms with van der Waals surface area (Å²) in [5.74, 6) is 1.94. The van der Waals surface area contributed by atoms with Crippen LogP contribution in [0.25, 0.3) is 6.08 Å². The number of hydrogen-bond donors (Lipinski definition) is 1. The first-order valence-electron chi connectivity index (χ1n) is 12.2. The second-order valence-electron chi connectivity index (χ2n) is 8.30. The van der Waals surface area contributed by atoms with Crippen molar-refractivity contribution in [2.45, 2.75) is 26.9 Å². The van der Waals surface area contributed by atoms with E-state index in [0.29, 0.717) is 54.3 Å². The lowest BCUT2D eigenvalue weighted by molar-refractivity contribution is -0.385. The number of thiocarbonyl (C=S) groups is 1. The van der Waals surface area contributed by atoms with Gasteiger partial charge in [-0.15, -0.1) is 0 Å². The Kier molecular flexibility index (Phi) is 9.05. The van der Waals surface area contributed by atoms with Crippen molar-refractivity contribution < 1.29 is 28.3 Å². The number of nitro benzene ring substituents is 1. The van der Waals surface area contributed by atoms with Crippen molar-refractivity contribution in [1.29, 1.82) is 0 Å². The van der Waals surface area contributed by atoms with Gasteiger partial charge in [-0.1, -0.05) is 17.7 Å². The minimum atomic E-state index is -0.570. The van der Waals surface area contributed by atoms with E-state index in [4.69, 9.17) is 42.4 Å². The maximum absolute atomic E-state index is 13.0. The number of carbonyl (C=O) groups excluding carboxylic acids is 1. The van der Waals surface area contributed by atoms with E-state index >= 15 is 0 Å². The van der Waals surface area contributed by atoms with Crippen molar-refractivity contribution in [3.05, 3.63) is 86.4 Å². The Morgan fingerprint density at radius 3 is 2.54 bits per heavy atom. The Hall–Kier alpha value is -4.09. The number of furan rings is 1. The van der Waals surface area contributed by atoms with Gasteiger partial charge >= 0.3 is 5.69 Å². The molecule has 2 aromatic carbocycles. The molecule has 0 aliphatic carbocycles. The van der Waals surface area contributed by atoms with Crippen LogP contribution in [0.4, 0.5) is 5.69 Å². The molecule has 0 unspecified atom stereocenters. The number of nitrogens with one attached hydrogen (secondary N) is 1. The van der Waals surface area contributed by atoms with Crippen LogP contribution in [0.15, 0.2) is 58.6 Å². The number of benzene rings is 2. The molecule has 1 aliphatic heterocycles. The normalized spacial score (nSPS) is 14.0. The summed E-state index contributed by atoms with van der Waals surface area (Å²) < 4.78 is 22.6. The average Bonchev–Trinajstić information content (AvgIpc) is 3.46. The van der Waals surface area contributed by atoms with Crippen molar-refractivity contribution in [2.24, 2.45) is 0 Å². The van der Waals surface area contributed by atoms with Crippen LogP contribution >= 0.6 is 23.8 Å². The lowest BCUT2D eigenvalue weighted by atomic mass is 10.1. The maximum atomic E-state index is 13.0. The van der Waals surface area contributed by atoms with Gasteiger partial charge < -0.3 is 23.9 Å². The van der Waals surface area contributed by atoms with E-state index in [1.807, 2.05) is 32.0 Å². The van der Waals surface area contributed by atoms with E-state index in [2.05, 4.69) is 5.32 Å². The molecule has 1 aliphatic rings. The number of amides is 1. The zero-order valence-corrected chi connectivity index (χ0v) is 22.8. The molecule has 0 bridgehead atoms. The fourth-order valence-corrected chi connectivity index (χ4v) is 4.31. The molecular weight excluding hydrogens is 546 g/mol. The standard InChI is InChI=1S/C27H26ClN3O7S/c1-3-35-24-9-5-17(13-25(24)36-4-2)11-12-30-26(32)21(29-27(30)39)15-19-7-8-20(38-19)16-37-23-10-6-18(28)14-22(23)31(33)34/h5-10,13-15H,3-4,11-12,16H2,1-2H3,(H,29,39)/b21-15+. The van der Waals surface area contributed by atoms with Crippen LogP contribution in [0, 0.1) is 10.1 Å². The number of nitro groups is 1. The summed E-state index contributed by atoms with van der Waals surface area (Å²) in [6.45, 7) is 5.18. The minimum absolute atomic E-state index is 0.0522. The van der Waals surface area contributed by atoms with Crippen molar-refractivity contribution in [3.63, 3.8) is 0 Å². The molecule has 0 spiro atoms. The fraction of sp³-hybridized carbons (Fsp3) is 0.259. The van der Waals surface area contributed by atoms with E-state index in [9.17, 15) is 14.9 Å². The molecule has 10 nitrogen and oxygen atoms in total. The molecular formula is C27H26ClN3O7S. The van der Waals surface area contributed by atoms with Gasteiger partial charge in [0.2, 0.25) is 0 Å². The molecule has 204 valence electrons. The largest absolute Gasteiger partial charge is 0.490 e. The Morgan fingerprint density at radius 1 is 1.05 bits per heavy atom. The molecule has 1 amide bonds. The predicted molar refractivity (Wildman–Crippen MR) is 149 cm³/mol. The van der Waals surface area contributed by atoms with Gasteiger partial charge in [-0.25, -0.2) is 0 Å². The predicted octanol–water partition coefficient (Wildman–Crippen LogP) is 5.52. The van der Waals surface area contributed by atoms with Gasteiger partial charge in [0.1, 0.15) is 23.8 Å². The average molecular weight is 572 g/mol. The number of rotatable bonds is 12. The first-order valence-corrected chi connectivity index (χ1v) is 13.0. The van der Waals surface area contributed by atoms with Crippen LogP contribution in [-0.2, 0) is 17.8 Å². The van der Waals surface area contributed by atoms with Crippen LogP contribution < -0.4 is 19.5 Å². The van der Waals surface area contributed by atoms with Crippen molar-refractivity contribution in [3.8, 4) is 17.2 Å². The quantitative estimate of drug-likeness (QED) is 0.130. The monoisotopic (exact) mass is 571 g/mol. The SMILES string of the molecule is CCOc1ccc(CCN2C(=O)/C(=C\c3ccc(COc4ccc(Cl)cc4[N+](=O)[O-])o3)NC2=S)cc1OCC. The molecule has 2 heterocycles. The number of halogens is 1. The number of nitrogens with zero attached hydrogens (tertiary/aromatic N) is 2. The Morgan fingerprint density at radius 2 is 1.79 bits per heavy atom. The van der Waals surface area contributed by atoms with E-state index in [1.165, 1.54) is 23.1 Å². The smallest absolute Gasteiger partial charge is 0.312 e. The van der Waals surface area contributed by atoms with E-state index in [-0.39, 0.29) is 34.7 Å². The van der Waals surface area contributed by atoms with Gasteiger partial charge in [-0.05, 0) is 74.4 Å². The lowest BCUT2D eigenvalue weighted by Gasteiger charge is -2.15.